The molecule has 214 valence electrons. The third kappa shape index (κ3) is 10.5. The van der Waals surface area contributed by atoms with E-state index < -0.39 is 12.1 Å². The summed E-state index contributed by atoms with van der Waals surface area (Å²) in [6.07, 6.45) is -0.0688. The third-order valence-electron chi connectivity index (χ3n) is 5.92. The van der Waals surface area contributed by atoms with Crippen LogP contribution in [0.5, 0.6) is 5.75 Å². The van der Waals surface area contributed by atoms with Crippen molar-refractivity contribution in [3.05, 3.63) is 94.8 Å². The van der Waals surface area contributed by atoms with E-state index in [2.05, 4.69) is 5.32 Å². The number of nitrogens with one attached hydrogen (secondary N) is 1. The van der Waals surface area contributed by atoms with Gasteiger partial charge in [-0.25, -0.2) is 14.0 Å². The normalized spacial score (nSPS) is 11.6. The topological polar surface area (TPSA) is 97.3 Å². The Morgan fingerprint density at radius 1 is 0.975 bits per heavy atom. The van der Waals surface area contributed by atoms with E-state index in [9.17, 15) is 19.1 Å². The van der Waals surface area contributed by atoms with Crippen LogP contribution >= 0.6 is 11.6 Å². The molecule has 0 aliphatic carbocycles. The second kappa shape index (κ2) is 16.4. The summed E-state index contributed by atoms with van der Waals surface area (Å²) in [5.41, 5.74) is 2.19. The van der Waals surface area contributed by atoms with Gasteiger partial charge < -0.3 is 29.5 Å². The number of carbonyl (C=O) groups is 2. The molecule has 0 bridgehead atoms. The number of hydrogen-bond acceptors (Lipinski definition) is 5. The van der Waals surface area contributed by atoms with E-state index in [1.807, 2.05) is 0 Å². The molecular formula is C30H34ClFN2O6. The van der Waals surface area contributed by atoms with Crippen molar-refractivity contribution in [2.24, 2.45) is 0 Å². The summed E-state index contributed by atoms with van der Waals surface area (Å²) in [6, 6.07) is 19.9. The lowest BCUT2D eigenvalue weighted by Gasteiger charge is -2.23. The molecule has 1 unspecified atom stereocenters. The number of ether oxygens (including phenoxy) is 3. The number of para-hydroxylation sites is 1. The predicted octanol–water partition coefficient (Wildman–Crippen LogP) is 6.03. The van der Waals surface area contributed by atoms with Gasteiger partial charge in [-0.15, -0.1) is 0 Å². The molecule has 40 heavy (non-hydrogen) atoms. The fourth-order valence-corrected chi connectivity index (χ4v) is 4.01. The number of carboxylic acid groups (broad SMARTS) is 1. The van der Waals surface area contributed by atoms with Crippen LogP contribution < -0.4 is 10.1 Å². The van der Waals surface area contributed by atoms with Crippen LogP contribution in [-0.4, -0.2) is 61.0 Å². The molecule has 2 amide bonds. The number of benzene rings is 3. The molecule has 3 aromatic carbocycles. The fourth-order valence-electron chi connectivity index (χ4n) is 3.83. The molecule has 0 aliphatic rings. The average molecular weight is 573 g/mol. The number of carboxylic acids is 1. The van der Waals surface area contributed by atoms with Crippen LogP contribution in [0.15, 0.2) is 72.8 Å². The van der Waals surface area contributed by atoms with Crippen molar-refractivity contribution in [3.63, 3.8) is 0 Å². The van der Waals surface area contributed by atoms with Crippen LogP contribution in [0.2, 0.25) is 5.02 Å². The lowest BCUT2D eigenvalue weighted by atomic mass is 10.1. The minimum atomic E-state index is -1.00. The highest BCUT2D eigenvalue weighted by Gasteiger charge is 2.18. The Balaban J connectivity index is 1.52. The summed E-state index contributed by atoms with van der Waals surface area (Å²) >= 11 is 6.21. The molecule has 2 N–H and O–H groups in total. The molecule has 1 atom stereocenters. The first-order chi connectivity index (χ1) is 19.4. The van der Waals surface area contributed by atoms with Crippen molar-refractivity contribution < 1.29 is 33.3 Å². The number of carbonyl (C=O) groups excluding carboxylic acids is 1. The van der Waals surface area contributed by atoms with E-state index >= 15 is 0 Å². The summed E-state index contributed by atoms with van der Waals surface area (Å²) in [7, 11) is 0. The monoisotopic (exact) mass is 572 g/mol. The summed E-state index contributed by atoms with van der Waals surface area (Å²) in [5, 5.41) is 12.6. The van der Waals surface area contributed by atoms with E-state index in [4.69, 9.17) is 25.8 Å². The summed E-state index contributed by atoms with van der Waals surface area (Å²) in [4.78, 5) is 26.0. The number of amides is 2. The lowest BCUT2D eigenvalue weighted by molar-refractivity contribution is -0.149. The largest absolute Gasteiger partial charge is 0.492 e. The second-order valence-electron chi connectivity index (χ2n) is 8.91. The zero-order chi connectivity index (χ0) is 28.7. The Morgan fingerprint density at radius 3 is 2.35 bits per heavy atom. The van der Waals surface area contributed by atoms with Gasteiger partial charge >= 0.3 is 12.0 Å². The Labute approximate surface area is 238 Å². The van der Waals surface area contributed by atoms with Crippen LogP contribution in [0.1, 0.15) is 24.5 Å². The molecular weight excluding hydrogens is 539 g/mol. The highest BCUT2D eigenvalue weighted by atomic mass is 35.5. The summed E-state index contributed by atoms with van der Waals surface area (Å²) in [6.45, 7) is 3.79. The maximum absolute atomic E-state index is 13.1. The van der Waals surface area contributed by atoms with Crippen molar-refractivity contribution in [2.45, 2.75) is 32.5 Å². The van der Waals surface area contributed by atoms with Gasteiger partial charge in [0, 0.05) is 26.2 Å². The highest BCUT2D eigenvalue weighted by molar-refractivity contribution is 6.33. The Bertz CT molecular complexity index is 1210. The van der Waals surface area contributed by atoms with Gasteiger partial charge in [-0.3, -0.25) is 0 Å². The zero-order valence-electron chi connectivity index (χ0n) is 22.4. The number of halogens is 2. The van der Waals surface area contributed by atoms with Gasteiger partial charge in [0.25, 0.3) is 0 Å². The molecule has 0 fully saturated rings. The maximum Gasteiger partial charge on any atom is 0.333 e. The third-order valence-corrected chi connectivity index (χ3v) is 6.25. The number of anilines is 1. The minimum Gasteiger partial charge on any atom is -0.492 e. The molecule has 3 aromatic rings. The molecule has 0 saturated heterocycles. The number of rotatable bonds is 16. The van der Waals surface area contributed by atoms with Crippen LogP contribution in [0.25, 0.3) is 0 Å². The number of nitrogens with zero attached hydrogens (tertiary/aromatic N) is 1. The predicted molar refractivity (Wildman–Crippen MR) is 151 cm³/mol. The number of urea groups is 1. The molecule has 0 radical (unpaired) electrons. The van der Waals surface area contributed by atoms with Crippen LogP contribution in [0.3, 0.4) is 0 Å². The first-order valence-corrected chi connectivity index (χ1v) is 13.4. The van der Waals surface area contributed by atoms with E-state index in [0.29, 0.717) is 55.8 Å². The smallest absolute Gasteiger partial charge is 0.333 e. The van der Waals surface area contributed by atoms with Gasteiger partial charge in [-0.05, 0) is 60.9 Å². The lowest BCUT2D eigenvalue weighted by Crippen LogP contribution is -2.39. The Morgan fingerprint density at radius 2 is 1.68 bits per heavy atom. The van der Waals surface area contributed by atoms with Crippen LogP contribution in [0.4, 0.5) is 14.9 Å². The van der Waals surface area contributed by atoms with Gasteiger partial charge in [0.05, 0.1) is 23.9 Å². The average Bonchev–Trinajstić information content (AvgIpc) is 2.94. The minimum absolute atomic E-state index is 0.239. The van der Waals surface area contributed by atoms with Crippen molar-refractivity contribution in [1.29, 1.82) is 0 Å². The SMILES string of the molecule is CCOC(Cc1ccc(OCCN(CCCOCc2ccc(F)cc2)C(=O)Nc2ccccc2Cl)cc1)C(=O)O. The first kappa shape index (κ1) is 30.9. The first-order valence-electron chi connectivity index (χ1n) is 13.0. The molecule has 0 saturated carbocycles. The molecule has 3 rings (SSSR count). The Hall–Kier alpha value is -3.66. The fraction of sp³-hybridized carbons (Fsp3) is 0.333. The summed E-state index contributed by atoms with van der Waals surface area (Å²) < 4.78 is 29.9. The van der Waals surface area contributed by atoms with Gasteiger partial charge in [-0.2, -0.15) is 0 Å². The van der Waals surface area contributed by atoms with E-state index in [1.165, 1.54) is 12.1 Å². The van der Waals surface area contributed by atoms with E-state index in [1.54, 1.807) is 72.5 Å². The van der Waals surface area contributed by atoms with Crippen molar-refractivity contribution in [1.82, 2.24) is 4.90 Å². The summed E-state index contributed by atoms with van der Waals surface area (Å²) in [5.74, 6) is -0.699. The quantitative estimate of drug-likeness (QED) is 0.203. The van der Waals surface area contributed by atoms with Gasteiger partial charge in [-0.1, -0.05) is 48.0 Å². The standard InChI is InChI=1S/C30H34ClFN2O6/c1-2-39-28(29(35)36)20-22-10-14-25(15-11-22)40-19-17-34(30(37)33-27-7-4-3-6-26(27)31)16-5-18-38-21-23-8-12-24(32)13-9-23/h3-4,6-15,28H,2,5,16-21H2,1H3,(H,33,37)(H,35,36). The molecule has 0 aliphatic heterocycles. The maximum atomic E-state index is 13.1. The highest BCUT2D eigenvalue weighted by Crippen LogP contribution is 2.21. The van der Waals surface area contributed by atoms with Crippen LogP contribution in [-0.2, 0) is 27.3 Å². The van der Waals surface area contributed by atoms with Gasteiger partial charge in [0.1, 0.15) is 18.2 Å². The van der Waals surface area contributed by atoms with Crippen LogP contribution in [0, 0.1) is 5.82 Å². The van der Waals surface area contributed by atoms with Crippen molar-refractivity contribution in [2.75, 3.05) is 38.2 Å². The second-order valence-corrected chi connectivity index (χ2v) is 9.32. The number of aliphatic carboxylic acids is 1. The van der Waals surface area contributed by atoms with Gasteiger partial charge in [0.15, 0.2) is 6.10 Å². The molecule has 10 heteroatoms. The molecule has 0 aromatic heterocycles. The zero-order valence-corrected chi connectivity index (χ0v) is 23.1. The van der Waals surface area contributed by atoms with Gasteiger partial charge in [0.2, 0.25) is 0 Å². The van der Waals surface area contributed by atoms with Crippen molar-refractivity contribution >= 4 is 29.3 Å². The molecule has 0 spiro atoms. The molecule has 0 heterocycles. The van der Waals surface area contributed by atoms with E-state index in [-0.39, 0.29) is 24.9 Å². The molecule has 8 nitrogen and oxygen atoms in total. The van der Waals surface area contributed by atoms with E-state index in [0.717, 1.165) is 11.1 Å². The van der Waals surface area contributed by atoms with Crippen molar-refractivity contribution in [3.8, 4) is 5.75 Å². The number of hydrogen-bond donors (Lipinski definition) is 2. The Kier molecular flexibility index (Phi) is 12.7.